The zero-order valence-electron chi connectivity index (χ0n) is 21.6. The first-order valence-electron chi connectivity index (χ1n) is 12.8. The molecule has 1 atom stereocenters. The molecule has 0 bridgehead atoms. The molecule has 1 unspecified atom stereocenters. The lowest BCUT2D eigenvalue weighted by molar-refractivity contribution is -0.149. The van der Waals surface area contributed by atoms with E-state index in [2.05, 4.69) is 12.1 Å². The van der Waals surface area contributed by atoms with E-state index in [0.29, 0.717) is 25.4 Å². The molecule has 0 aliphatic heterocycles. The highest BCUT2D eigenvalue weighted by Crippen LogP contribution is 2.16. The number of aryl methyl sites for hydroxylation is 1. The summed E-state index contributed by atoms with van der Waals surface area (Å²) in [6.45, 7) is 3.12. The number of aliphatic carboxylic acids is 1. The van der Waals surface area contributed by atoms with Gasteiger partial charge in [-0.25, -0.2) is 14.0 Å². The van der Waals surface area contributed by atoms with E-state index in [4.69, 9.17) is 14.2 Å². The smallest absolute Gasteiger partial charge is 0.415 e. The Balaban J connectivity index is 1.53. The second-order valence-electron chi connectivity index (χ2n) is 8.73. The lowest BCUT2D eigenvalue weighted by Crippen LogP contribution is -2.37. The molecule has 1 N–H and O–H groups in total. The van der Waals surface area contributed by atoms with Gasteiger partial charge in [-0.2, -0.15) is 0 Å². The van der Waals surface area contributed by atoms with Crippen molar-refractivity contribution in [1.82, 2.24) is 4.90 Å². The molecular weight excluding hydrogens is 489 g/mol. The van der Waals surface area contributed by atoms with Crippen LogP contribution in [0.4, 0.5) is 9.18 Å². The van der Waals surface area contributed by atoms with Crippen LogP contribution in [-0.4, -0.2) is 54.5 Å². The summed E-state index contributed by atoms with van der Waals surface area (Å²) in [4.78, 5) is 25.7. The number of hydrogen-bond donors (Lipinski definition) is 1. The van der Waals surface area contributed by atoms with Crippen LogP contribution >= 0.6 is 0 Å². The van der Waals surface area contributed by atoms with Crippen molar-refractivity contribution in [3.63, 3.8) is 0 Å². The lowest BCUT2D eigenvalue weighted by atomic mass is 10.1. The molecule has 7 nitrogen and oxygen atoms in total. The zero-order chi connectivity index (χ0) is 27.2. The number of carboxylic acid groups (broad SMARTS) is 1. The highest BCUT2D eigenvalue weighted by Gasteiger charge is 2.18. The zero-order valence-corrected chi connectivity index (χ0v) is 21.6. The first kappa shape index (κ1) is 28.7. The maximum atomic E-state index is 13.2. The van der Waals surface area contributed by atoms with Gasteiger partial charge in [0.05, 0.1) is 6.54 Å². The Morgan fingerprint density at radius 1 is 0.868 bits per heavy atom. The van der Waals surface area contributed by atoms with Gasteiger partial charge in [0.25, 0.3) is 0 Å². The fourth-order valence-electron chi connectivity index (χ4n) is 3.87. The molecule has 0 aliphatic rings. The highest BCUT2D eigenvalue weighted by atomic mass is 19.1. The van der Waals surface area contributed by atoms with Crippen LogP contribution in [0.1, 0.15) is 30.9 Å². The Morgan fingerprint density at radius 2 is 1.55 bits per heavy atom. The van der Waals surface area contributed by atoms with E-state index < -0.39 is 24.0 Å². The average Bonchev–Trinajstić information content (AvgIpc) is 2.92. The minimum atomic E-state index is -0.997. The van der Waals surface area contributed by atoms with Gasteiger partial charge in [-0.15, -0.1) is 0 Å². The Hall–Kier alpha value is -3.91. The first-order valence-corrected chi connectivity index (χ1v) is 12.8. The predicted molar refractivity (Wildman–Crippen MR) is 142 cm³/mol. The summed E-state index contributed by atoms with van der Waals surface area (Å²) in [5.41, 5.74) is 2.07. The maximum Gasteiger partial charge on any atom is 0.415 e. The standard InChI is InChI=1S/C30H34FNO6/c1-2-36-28(29(33)34)22-24-11-15-26(16-12-24)37-21-20-32(19-7-6-10-23-8-4-3-5-9-23)30(35)38-27-17-13-25(31)14-18-27/h3-5,8-9,11-18,28H,2,6-7,10,19-22H2,1H3,(H,33,34). The minimum Gasteiger partial charge on any atom is -0.492 e. The molecule has 202 valence electrons. The second kappa shape index (κ2) is 15.4. The van der Waals surface area contributed by atoms with Crippen molar-refractivity contribution >= 4 is 12.1 Å². The van der Waals surface area contributed by atoms with Gasteiger partial charge in [-0.1, -0.05) is 42.5 Å². The van der Waals surface area contributed by atoms with Crippen molar-refractivity contribution in [2.24, 2.45) is 0 Å². The summed E-state index contributed by atoms with van der Waals surface area (Å²) in [5, 5.41) is 9.27. The van der Waals surface area contributed by atoms with E-state index >= 15 is 0 Å². The monoisotopic (exact) mass is 523 g/mol. The highest BCUT2D eigenvalue weighted by molar-refractivity contribution is 5.72. The molecule has 0 fully saturated rings. The van der Waals surface area contributed by atoms with Crippen molar-refractivity contribution in [3.8, 4) is 11.5 Å². The van der Waals surface area contributed by atoms with Gasteiger partial charge in [0, 0.05) is 19.6 Å². The SMILES string of the molecule is CCOC(Cc1ccc(OCCN(CCCCc2ccccc2)C(=O)Oc2ccc(F)cc2)cc1)C(=O)O. The number of carbonyl (C=O) groups excluding carboxylic acids is 1. The summed E-state index contributed by atoms with van der Waals surface area (Å²) in [6, 6.07) is 22.6. The molecule has 0 aliphatic carbocycles. The number of carbonyl (C=O) groups is 2. The van der Waals surface area contributed by atoms with Gasteiger partial charge in [0.1, 0.15) is 23.9 Å². The second-order valence-corrected chi connectivity index (χ2v) is 8.73. The average molecular weight is 524 g/mol. The van der Waals surface area contributed by atoms with E-state index in [-0.39, 0.29) is 18.8 Å². The van der Waals surface area contributed by atoms with Crippen molar-refractivity contribution in [2.75, 3.05) is 26.3 Å². The van der Waals surface area contributed by atoms with Crippen molar-refractivity contribution in [3.05, 3.63) is 95.8 Å². The topological polar surface area (TPSA) is 85.3 Å². The van der Waals surface area contributed by atoms with Gasteiger partial charge in [-0.05, 0) is 73.7 Å². The number of ether oxygens (including phenoxy) is 3. The molecule has 0 aromatic heterocycles. The Morgan fingerprint density at radius 3 is 2.21 bits per heavy atom. The number of nitrogens with zero attached hydrogens (tertiary/aromatic N) is 1. The number of amides is 1. The van der Waals surface area contributed by atoms with Crippen LogP contribution in [0.25, 0.3) is 0 Å². The van der Waals surface area contributed by atoms with E-state index in [1.807, 2.05) is 18.2 Å². The van der Waals surface area contributed by atoms with Crippen LogP contribution in [0, 0.1) is 5.82 Å². The molecule has 8 heteroatoms. The van der Waals surface area contributed by atoms with Crippen LogP contribution in [0.2, 0.25) is 0 Å². The molecular formula is C30H34FNO6. The normalized spacial score (nSPS) is 11.5. The molecule has 0 radical (unpaired) electrons. The van der Waals surface area contributed by atoms with E-state index in [1.54, 1.807) is 36.1 Å². The molecule has 0 spiro atoms. The number of benzene rings is 3. The first-order chi connectivity index (χ1) is 18.4. The van der Waals surface area contributed by atoms with Crippen molar-refractivity contribution < 1.29 is 33.3 Å². The largest absolute Gasteiger partial charge is 0.492 e. The molecule has 0 saturated carbocycles. The fraction of sp³-hybridized carbons (Fsp3) is 0.333. The maximum absolute atomic E-state index is 13.2. The summed E-state index contributed by atoms with van der Waals surface area (Å²) < 4.78 is 29.8. The summed E-state index contributed by atoms with van der Waals surface area (Å²) in [7, 11) is 0. The Bertz CT molecular complexity index is 1120. The molecule has 3 rings (SSSR count). The van der Waals surface area contributed by atoms with Gasteiger partial charge in [0.15, 0.2) is 6.10 Å². The van der Waals surface area contributed by atoms with Crippen molar-refractivity contribution in [1.29, 1.82) is 0 Å². The Labute approximate surface area is 222 Å². The number of rotatable bonds is 15. The lowest BCUT2D eigenvalue weighted by Gasteiger charge is -2.22. The number of carboxylic acids is 1. The van der Waals surface area contributed by atoms with Crippen molar-refractivity contribution in [2.45, 2.75) is 38.7 Å². The molecule has 3 aromatic carbocycles. The third-order valence-electron chi connectivity index (χ3n) is 5.88. The summed E-state index contributed by atoms with van der Waals surface area (Å²) in [6.07, 6.45) is 1.45. The van der Waals surface area contributed by atoms with Gasteiger partial charge in [0.2, 0.25) is 0 Å². The molecule has 38 heavy (non-hydrogen) atoms. The Kier molecular flexibility index (Phi) is 11.6. The summed E-state index contributed by atoms with van der Waals surface area (Å²) in [5.74, 6) is -0.524. The van der Waals surface area contributed by atoms with Crippen LogP contribution in [0.5, 0.6) is 11.5 Å². The molecule has 0 heterocycles. The quantitative estimate of drug-likeness (QED) is 0.255. The van der Waals surface area contributed by atoms with E-state index in [1.165, 1.54) is 29.8 Å². The molecule has 1 amide bonds. The molecule has 0 saturated heterocycles. The van der Waals surface area contributed by atoms with Gasteiger partial charge < -0.3 is 24.2 Å². The van der Waals surface area contributed by atoms with Crippen LogP contribution in [0.3, 0.4) is 0 Å². The predicted octanol–water partition coefficient (Wildman–Crippen LogP) is 5.76. The fourth-order valence-corrected chi connectivity index (χ4v) is 3.87. The minimum absolute atomic E-state index is 0.243. The summed E-state index contributed by atoms with van der Waals surface area (Å²) >= 11 is 0. The van der Waals surface area contributed by atoms with Crippen LogP contribution < -0.4 is 9.47 Å². The van der Waals surface area contributed by atoms with Crippen LogP contribution in [-0.2, 0) is 22.4 Å². The van der Waals surface area contributed by atoms with Crippen LogP contribution in [0.15, 0.2) is 78.9 Å². The third kappa shape index (κ3) is 9.86. The van der Waals surface area contributed by atoms with E-state index in [9.17, 15) is 19.1 Å². The number of halogens is 1. The number of hydrogen-bond acceptors (Lipinski definition) is 5. The number of unbranched alkanes of at least 4 members (excludes halogenated alkanes) is 1. The van der Waals surface area contributed by atoms with E-state index in [0.717, 1.165) is 24.8 Å². The molecule has 3 aromatic rings. The third-order valence-corrected chi connectivity index (χ3v) is 5.88. The van der Waals surface area contributed by atoms with Gasteiger partial charge >= 0.3 is 12.1 Å². The van der Waals surface area contributed by atoms with Gasteiger partial charge in [-0.3, -0.25) is 0 Å².